The first-order chi connectivity index (χ1) is 16.0. The van der Waals surface area contributed by atoms with Crippen LogP contribution in [0.25, 0.3) is 21.9 Å². The summed E-state index contributed by atoms with van der Waals surface area (Å²) in [5.41, 5.74) is 3.87. The van der Waals surface area contributed by atoms with Crippen molar-refractivity contribution in [2.45, 2.75) is 32.2 Å². The zero-order valence-electron chi connectivity index (χ0n) is 19.4. The van der Waals surface area contributed by atoms with Crippen molar-refractivity contribution in [3.05, 3.63) is 65.7 Å². The number of para-hydroxylation sites is 1. The van der Waals surface area contributed by atoms with Crippen LogP contribution >= 0.6 is 0 Å². The van der Waals surface area contributed by atoms with Crippen molar-refractivity contribution < 1.29 is 23.4 Å². The molecule has 0 aliphatic rings. The number of benzene rings is 3. The molecule has 0 saturated heterocycles. The van der Waals surface area contributed by atoms with Crippen LogP contribution in [0.5, 0.6) is 17.2 Å². The number of nitrogens with one attached hydrogen (secondary N) is 1. The Labute approximate surface area is 193 Å². The van der Waals surface area contributed by atoms with Crippen LogP contribution in [0, 0.1) is 0 Å². The normalized spacial score (nSPS) is 12.0. The first-order valence-electron chi connectivity index (χ1n) is 11.0. The Morgan fingerprint density at radius 2 is 1.58 bits per heavy atom. The van der Waals surface area contributed by atoms with Crippen molar-refractivity contribution in [3.63, 3.8) is 0 Å². The Kier molecular flexibility index (Phi) is 6.73. The Balaban J connectivity index is 1.38. The maximum atomic E-state index is 12.6. The van der Waals surface area contributed by atoms with Gasteiger partial charge in [0.1, 0.15) is 11.2 Å². The van der Waals surface area contributed by atoms with Crippen LogP contribution in [0.15, 0.2) is 59.0 Å². The number of amides is 1. The molecule has 0 spiro atoms. The summed E-state index contributed by atoms with van der Waals surface area (Å²) >= 11 is 0. The third-order valence-corrected chi connectivity index (χ3v) is 5.76. The van der Waals surface area contributed by atoms with Crippen LogP contribution in [0.3, 0.4) is 0 Å². The van der Waals surface area contributed by atoms with Gasteiger partial charge in [-0.05, 0) is 61.2 Å². The van der Waals surface area contributed by atoms with E-state index in [2.05, 4.69) is 23.5 Å². The summed E-state index contributed by atoms with van der Waals surface area (Å²) in [6, 6.07) is 18.0. The number of aryl methyl sites for hydroxylation is 1. The predicted octanol–water partition coefficient (Wildman–Crippen LogP) is 5.29. The summed E-state index contributed by atoms with van der Waals surface area (Å²) in [7, 11) is 4.74. The highest BCUT2D eigenvalue weighted by Crippen LogP contribution is 2.38. The molecule has 1 aromatic heterocycles. The van der Waals surface area contributed by atoms with Gasteiger partial charge in [0.15, 0.2) is 11.5 Å². The van der Waals surface area contributed by atoms with E-state index in [1.165, 1.54) is 0 Å². The molecule has 0 aliphatic carbocycles. The third-order valence-electron chi connectivity index (χ3n) is 5.76. The van der Waals surface area contributed by atoms with E-state index in [0.717, 1.165) is 39.5 Å². The quantitative estimate of drug-likeness (QED) is 0.377. The van der Waals surface area contributed by atoms with E-state index in [1.807, 2.05) is 43.3 Å². The molecule has 0 saturated carbocycles. The van der Waals surface area contributed by atoms with Crippen LogP contribution in [-0.4, -0.2) is 33.3 Å². The van der Waals surface area contributed by atoms with Crippen LogP contribution in [0.4, 0.5) is 0 Å². The van der Waals surface area contributed by atoms with Crippen molar-refractivity contribution in [2.75, 3.05) is 21.3 Å². The van der Waals surface area contributed by atoms with Gasteiger partial charge in [-0.1, -0.05) is 24.3 Å². The summed E-state index contributed by atoms with van der Waals surface area (Å²) in [4.78, 5) is 12.6. The minimum Gasteiger partial charge on any atom is -0.493 e. The van der Waals surface area contributed by atoms with E-state index in [-0.39, 0.29) is 11.9 Å². The largest absolute Gasteiger partial charge is 0.493 e. The van der Waals surface area contributed by atoms with Gasteiger partial charge in [-0.25, -0.2) is 0 Å². The van der Waals surface area contributed by atoms with Crippen LogP contribution < -0.4 is 19.5 Å². The molecule has 1 N–H and O–H groups in total. The van der Waals surface area contributed by atoms with E-state index >= 15 is 0 Å². The zero-order chi connectivity index (χ0) is 23.4. The van der Waals surface area contributed by atoms with Gasteiger partial charge in [0.05, 0.1) is 21.3 Å². The Morgan fingerprint density at radius 1 is 0.879 bits per heavy atom. The minimum absolute atomic E-state index is 0.00564. The molecule has 1 heterocycles. The molecule has 4 rings (SSSR count). The molecule has 172 valence electrons. The van der Waals surface area contributed by atoms with E-state index in [9.17, 15) is 4.79 Å². The van der Waals surface area contributed by atoms with Gasteiger partial charge in [-0.15, -0.1) is 0 Å². The van der Waals surface area contributed by atoms with Crippen molar-refractivity contribution in [3.8, 4) is 17.2 Å². The molecule has 6 heteroatoms. The number of rotatable bonds is 9. The summed E-state index contributed by atoms with van der Waals surface area (Å²) in [5, 5.41) is 5.32. The Hall–Kier alpha value is -3.67. The minimum atomic E-state index is 0.00564. The molecule has 33 heavy (non-hydrogen) atoms. The monoisotopic (exact) mass is 447 g/mol. The number of ether oxygens (including phenoxy) is 3. The molecule has 0 bridgehead atoms. The average Bonchev–Trinajstić information content (AvgIpc) is 3.19. The van der Waals surface area contributed by atoms with Gasteiger partial charge in [0, 0.05) is 23.2 Å². The summed E-state index contributed by atoms with van der Waals surface area (Å²) in [6.07, 6.45) is 1.68. The highest BCUT2D eigenvalue weighted by Gasteiger charge is 2.15. The summed E-state index contributed by atoms with van der Waals surface area (Å²) in [6.45, 7) is 2.02. The maximum Gasteiger partial charge on any atom is 0.220 e. The van der Waals surface area contributed by atoms with Gasteiger partial charge < -0.3 is 23.9 Å². The van der Waals surface area contributed by atoms with E-state index < -0.39 is 0 Å². The molecular formula is C27H29NO5. The number of hydrogen-bond acceptors (Lipinski definition) is 5. The third kappa shape index (κ3) is 4.90. The topological polar surface area (TPSA) is 69.9 Å². The number of fused-ring (bicyclic) bond motifs is 3. The summed E-state index contributed by atoms with van der Waals surface area (Å²) < 4.78 is 22.1. The van der Waals surface area contributed by atoms with Gasteiger partial charge in [-0.2, -0.15) is 0 Å². The number of furan rings is 1. The fourth-order valence-electron chi connectivity index (χ4n) is 4.19. The molecule has 6 nitrogen and oxygen atoms in total. The van der Waals surface area contributed by atoms with Crippen molar-refractivity contribution >= 4 is 27.8 Å². The Bertz CT molecular complexity index is 1250. The van der Waals surface area contributed by atoms with Crippen LogP contribution in [0.2, 0.25) is 0 Å². The number of carbonyl (C=O) groups excluding carboxylic acids is 1. The molecule has 3 aromatic carbocycles. The lowest BCUT2D eigenvalue weighted by Crippen LogP contribution is -2.34. The lowest BCUT2D eigenvalue weighted by molar-refractivity contribution is -0.121. The highest BCUT2D eigenvalue weighted by molar-refractivity contribution is 6.04. The van der Waals surface area contributed by atoms with Crippen molar-refractivity contribution in [2.24, 2.45) is 0 Å². The van der Waals surface area contributed by atoms with Crippen LogP contribution in [0.1, 0.15) is 24.5 Å². The van der Waals surface area contributed by atoms with E-state index in [1.54, 1.807) is 21.3 Å². The van der Waals surface area contributed by atoms with Gasteiger partial charge in [0.25, 0.3) is 0 Å². The standard InChI is InChI=1S/C27H29NO5/c1-17(13-18-9-11-23-21(14-18)20-7-5-6-8-22(20)33-23)28-26(29)12-10-19-15-24(30-2)27(32-4)25(16-19)31-3/h5-9,11,14-17H,10,12-13H2,1-4H3,(H,28,29)/t17-/m0/s1. The zero-order valence-corrected chi connectivity index (χ0v) is 19.4. The van der Waals surface area contributed by atoms with Gasteiger partial charge in [0.2, 0.25) is 11.7 Å². The molecule has 4 aromatic rings. The second kappa shape index (κ2) is 9.86. The fourth-order valence-corrected chi connectivity index (χ4v) is 4.19. The number of methoxy groups -OCH3 is 3. The van der Waals surface area contributed by atoms with E-state index in [4.69, 9.17) is 18.6 Å². The smallest absolute Gasteiger partial charge is 0.220 e. The molecule has 0 unspecified atom stereocenters. The number of carbonyl (C=O) groups is 1. The highest BCUT2D eigenvalue weighted by atomic mass is 16.5. The molecule has 1 amide bonds. The maximum absolute atomic E-state index is 12.6. The average molecular weight is 448 g/mol. The fraction of sp³-hybridized carbons (Fsp3) is 0.296. The summed E-state index contributed by atoms with van der Waals surface area (Å²) in [5.74, 6) is 1.72. The SMILES string of the molecule is COc1cc(CCC(=O)N[C@@H](C)Cc2ccc3oc4ccccc4c3c2)cc(OC)c1OC. The van der Waals surface area contributed by atoms with Gasteiger partial charge >= 0.3 is 0 Å². The lowest BCUT2D eigenvalue weighted by Gasteiger charge is -2.16. The van der Waals surface area contributed by atoms with Crippen molar-refractivity contribution in [1.82, 2.24) is 5.32 Å². The molecular weight excluding hydrogens is 418 g/mol. The van der Waals surface area contributed by atoms with Crippen molar-refractivity contribution in [1.29, 1.82) is 0 Å². The molecule has 0 radical (unpaired) electrons. The molecule has 0 aliphatic heterocycles. The second-order valence-corrected chi connectivity index (χ2v) is 8.14. The predicted molar refractivity (Wildman–Crippen MR) is 129 cm³/mol. The second-order valence-electron chi connectivity index (χ2n) is 8.14. The number of hydrogen-bond donors (Lipinski definition) is 1. The molecule has 0 fully saturated rings. The lowest BCUT2D eigenvalue weighted by atomic mass is 10.0. The molecule has 1 atom stereocenters. The first-order valence-corrected chi connectivity index (χ1v) is 11.0. The van der Waals surface area contributed by atoms with Crippen LogP contribution in [-0.2, 0) is 17.6 Å². The Morgan fingerprint density at radius 3 is 2.27 bits per heavy atom. The van der Waals surface area contributed by atoms with Gasteiger partial charge in [-0.3, -0.25) is 4.79 Å². The first kappa shape index (κ1) is 22.5. The van der Waals surface area contributed by atoms with E-state index in [0.29, 0.717) is 30.1 Å².